The van der Waals surface area contributed by atoms with Gasteiger partial charge in [-0.25, -0.2) is 14.8 Å². The second-order valence-corrected chi connectivity index (χ2v) is 6.39. The Labute approximate surface area is 137 Å². The highest BCUT2D eigenvalue weighted by atomic mass is 16.4. The van der Waals surface area contributed by atoms with Crippen LogP contribution in [-0.4, -0.2) is 40.4 Å². The van der Waals surface area contributed by atoms with E-state index in [-0.39, 0.29) is 17.3 Å². The van der Waals surface area contributed by atoms with Gasteiger partial charge < -0.3 is 5.11 Å². The lowest BCUT2D eigenvalue weighted by Gasteiger charge is -2.19. The van der Waals surface area contributed by atoms with Crippen LogP contribution in [0.1, 0.15) is 39.2 Å². The summed E-state index contributed by atoms with van der Waals surface area (Å²) in [6.45, 7) is 6.90. The van der Waals surface area contributed by atoms with Crippen molar-refractivity contribution in [1.29, 1.82) is 0 Å². The second kappa shape index (κ2) is 5.29. The van der Waals surface area contributed by atoms with Gasteiger partial charge in [-0.15, -0.1) is 0 Å². The number of aromatic nitrogens is 6. The number of nitrogens with zero attached hydrogens (tertiary/aromatic N) is 5. The van der Waals surface area contributed by atoms with Gasteiger partial charge in [-0.1, -0.05) is 13.8 Å². The predicted octanol–water partition coefficient (Wildman–Crippen LogP) is 1.22. The molecule has 126 valence electrons. The number of carboxylic acids is 1. The molecule has 0 atom stereocenters. The van der Waals surface area contributed by atoms with Crippen LogP contribution in [0.15, 0.2) is 23.5 Å². The Hall–Kier alpha value is -2.97. The molecule has 0 spiro atoms. The molecule has 0 saturated carbocycles. The average Bonchev–Trinajstić information content (AvgIpc) is 3.15. The molecule has 0 unspecified atom stereocenters. The highest BCUT2D eigenvalue weighted by Crippen LogP contribution is 2.26. The maximum absolute atomic E-state index is 12.7. The smallest absolute Gasteiger partial charge is 0.331 e. The number of aromatic amines is 1. The largest absolute Gasteiger partial charge is 0.479 e. The van der Waals surface area contributed by atoms with E-state index >= 15 is 0 Å². The first kappa shape index (κ1) is 15.9. The molecule has 3 aromatic heterocycles. The Balaban J connectivity index is 2.23. The molecule has 2 N–H and O–H groups in total. The average molecular weight is 330 g/mol. The fraction of sp³-hybridized carbons (Fsp3) is 0.400. The number of fused-ring (bicyclic) bond motifs is 1. The van der Waals surface area contributed by atoms with E-state index in [2.05, 4.69) is 20.2 Å². The van der Waals surface area contributed by atoms with Crippen molar-refractivity contribution in [3.05, 3.63) is 34.6 Å². The third kappa shape index (κ3) is 2.29. The maximum Gasteiger partial charge on any atom is 0.331 e. The van der Waals surface area contributed by atoms with Gasteiger partial charge in [0.2, 0.25) is 0 Å². The zero-order chi connectivity index (χ0) is 17.6. The zero-order valence-electron chi connectivity index (χ0n) is 13.8. The molecular weight excluding hydrogens is 312 g/mol. The third-order valence-electron chi connectivity index (χ3n) is 4.00. The highest BCUT2D eigenvalue weighted by molar-refractivity contribution is 5.76. The van der Waals surface area contributed by atoms with Gasteiger partial charge in [0.15, 0.2) is 5.54 Å². The topological polar surface area (TPSA) is 118 Å². The maximum atomic E-state index is 12.7. The molecule has 0 aliphatic carbocycles. The molecular formula is C15H18N6O3. The van der Waals surface area contributed by atoms with Crippen LogP contribution in [0.3, 0.4) is 0 Å². The molecule has 0 aromatic carbocycles. The number of aliphatic carboxylic acids is 1. The third-order valence-corrected chi connectivity index (χ3v) is 4.00. The molecule has 0 bridgehead atoms. The van der Waals surface area contributed by atoms with Crippen molar-refractivity contribution >= 4 is 11.7 Å². The summed E-state index contributed by atoms with van der Waals surface area (Å²) in [5, 5.41) is 16.2. The summed E-state index contributed by atoms with van der Waals surface area (Å²) in [5.41, 5.74) is 0.129. The Bertz CT molecular complexity index is 979. The summed E-state index contributed by atoms with van der Waals surface area (Å²) in [5.74, 6) is -0.822. The SMILES string of the molecule is CC(C)c1c(-c2cnn(C(C)(C)C(=O)O)c2)nc2nc[nH]n2c1=O. The second-order valence-electron chi connectivity index (χ2n) is 6.39. The summed E-state index contributed by atoms with van der Waals surface area (Å²) in [4.78, 5) is 32.5. The van der Waals surface area contributed by atoms with Crippen LogP contribution in [0.25, 0.3) is 17.0 Å². The predicted molar refractivity (Wildman–Crippen MR) is 85.9 cm³/mol. The van der Waals surface area contributed by atoms with Crippen molar-refractivity contribution in [3.8, 4) is 11.3 Å². The number of nitrogens with one attached hydrogen (secondary N) is 1. The lowest BCUT2D eigenvalue weighted by atomic mass is 10.00. The van der Waals surface area contributed by atoms with Crippen molar-refractivity contribution in [2.24, 2.45) is 0 Å². The minimum Gasteiger partial charge on any atom is -0.479 e. The van der Waals surface area contributed by atoms with Crippen LogP contribution in [0.4, 0.5) is 0 Å². The van der Waals surface area contributed by atoms with Crippen molar-refractivity contribution in [1.82, 2.24) is 29.4 Å². The van der Waals surface area contributed by atoms with E-state index in [9.17, 15) is 14.7 Å². The van der Waals surface area contributed by atoms with Crippen LogP contribution >= 0.6 is 0 Å². The van der Waals surface area contributed by atoms with E-state index in [1.54, 1.807) is 20.0 Å². The van der Waals surface area contributed by atoms with Crippen LogP contribution in [0.5, 0.6) is 0 Å². The summed E-state index contributed by atoms with van der Waals surface area (Å²) in [6.07, 6.45) is 4.50. The molecule has 0 saturated heterocycles. The van der Waals surface area contributed by atoms with Gasteiger partial charge in [0, 0.05) is 17.3 Å². The Kier molecular flexibility index (Phi) is 3.51. The fourth-order valence-corrected chi connectivity index (χ4v) is 2.46. The van der Waals surface area contributed by atoms with Crippen molar-refractivity contribution in [2.75, 3.05) is 0 Å². The van der Waals surface area contributed by atoms with Gasteiger partial charge >= 0.3 is 5.97 Å². The van der Waals surface area contributed by atoms with Gasteiger partial charge in [0.25, 0.3) is 11.3 Å². The zero-order valence-corrected chi connectivity index (χ0v) is 13.8. The number of carboxylic acid groups (broad SMARTS) is 1. The van der Waals surface area contributed by atoms with Crippen LogP contribution in [-0.2, 0) is 10.3 Å². The molecule has 0 aliphatic rings. The summed E-state index contributed by atoms with van der Waals surface area (Å²) >= 11 is 0. The molecule has 9 nitrogen and oxygen atoms in total. The molecule has 3 aromatic rings. The summed E-state index contributed by atoms with van der Waals surface area (Å²) in [7, 11) is 0. The fourth-order valence-electron chi connectivity index (χ4n) is 2.46. The highest BCUT2D eigenvalue weighted by Gasteiger charge is 2.31. The van der Waals surface area contributed by atoms with Crippen molar-refractivity contribution in [2.45, 2.75) is 39.2 Å². The first-order chi connectivity index (χ1) is 11.2. The minimum atomic E-state index is -1.21. The monoisotopic (exact) mass is 330 g/mol. The van der Waals surface area contributed by atoms with Gasteiger partial charge in [0.05, 0.1) is 11.9 Å². The lowest BCUT2D eigenvalue weighted by molar-refractivity contribution is -0.146. The van der Waals surface area contributed by atoms with E-state index in [4.69, 9.17) is 0 Å². The van der Waals surface area contributed by atoms with Gasteiger partial charge in [0.1, 0.15) is 6.33 Å². The standard InChI is InChI=1S/C15H18N6O3/c1-8(2)10-11(19-14-16-7-18-21(14)12(10)22)9-5-17-20(6-9)15(3,4)13(23)24/h5-8H,1-4H3,(H,23,24)(H,16,18,19). The van der Waals surface area contributed by atoms with E-state index < -0.39 is 11.5 Å². The Morgan fingerprint density at radius 3 is 2.71 bits per heavy atom. The number of rotatable bonds is 4. The molecule has 0 radical (unpaired) electrons. The molecule has 0 amide bonds. The molecule has 9 heteroatoms. The van der Waals surface area contributed by atoms with Crippen LogP contribution in [0.2, 0.25) is 0 Å². The van der Waals surface area contributed by atoms with E-state index in [1.165, 1.54) is 21.7 Å². The Morgan fingerprint density at radius 1 is 1.38 bits per heavy atom. The van der Waals surface area contributed by atoms with E-state index in [0.717, 1.165) is 0 Å². The van der Waals surface area contributed by atoms with E-state index in [1.807, 2.05) is 13.8 Å². The van der Waals surface area contributed by atoms with Crippen LogP contribution < -0.4 is 5.56 Å². The Morgan fingerprint density at radius 2 is 2.08 bits per heavy atom. The number of hydrogen-bond donors (Lipinski definition) is 2. The summed E-state index contributed by atoms with van der Waals surface area (Å²) in [6, 6.07) is 0. The lowest BCUT2D eigenvalue weighted by Crippen LogP contribution is -2.35. The number of H-pyrrole nitrogens is 1. The van der Waals surface area contributed by atoms with Crippen molar-refractivity contribution in [3.63, 3.8) is 0 Å². The normalized spacial score (nSPS) is 12.2. The molecule has 3 rings (SSSR count). The van der Waals surface area contributed by atoms with Crippen molar-refractivity contribution < 1.29 is 9.90 Å². The molecule has 24 heavy (non-hydrogen) atoms. The van der Waals surface area contributed by atoms with Gasteiger partial charge in [-0.2, -0.15) is 9.61 Å². The first-order valence-corrected chi connectivity index (χ1v) is 7.48. The van der Waals surface area contributed by atoms with Gasteiger partial charge in [-0.05, 0) is 19.8 Å². The molecule has 0 fully saturated rings. The first-order valence-electron chi connectivity index (χ1n) is 7.48. The van der Waals surface area contributed by atoms with Gasteiger partial charge in [-0.3, -0.25) is 14.6 Å². The quantitative estimate of drug-likeness (QED) is 0.742. The van der Waals surface area contributed by atoms with E-state index in [0.29, 0.717) is 16.8 Å². The number of hydrogen-bond acceptors (Lipinski definition) is 5. The number of carbonyl (C=O) groups is 1. The molecule has 0 aliphatic heterocycles. The minimum absolute atomic E-state index is 0.0731. The van der Waals surface area contributed by atoms with Crippen LogP contribution in [0, 0.1) is 0 Å². The molecule has 3 heterocycles. The summed E-state index contributed by atoms with van der Waals surface area (Å²) < 4.78 is 2.63.